The molecule has 3 aromatic rings. The monoisotopic (exact) mass is 507 g/mol. The Hall–Kier alpha value is -2.16. The van der Waals surface area contributed by atoms with E-state index in [-0.39, 0.29) is 35.2 Å². The molecule has 0 atom stereocenters. The predicted octanol–water partition coefficient (Wildman–Crippen LogP) is 4.00. The predicted molar refractivity (Wildman–Crippen MR) is 127 cm³/mol. The zero-order valence-electron chi connectivity index (χ0n) is 16.8. The summed E-state index contributed by atoms with van der Waals surface area (Å²) >= 11 is 0. The number of rotatable bonds is 6. The normalized spacial score (nSPS) is 15.1. The molecule has 4 rings (SSSR count). The van der Waals surface area contributed by atoms with Crippen molar-refractivity contribution in [3.63, 3.8) is 0 Å². The Morgan fingerprint density at radius 2 is 1.86 bits per heavy atom. The number of para-hydroxylation sites is 2. The number of imidazole rings is 1. The van der Waals surface area contributed by atoms with Gasteiger partial charge in [-0.2, -0.15) is 0 Å². The number of nitrogens with zero attached hydrogens (tertiary/aromatic N) is 3. The molecule has 2 N–H and O–H groups in total. The van der Waals surface area contributed by atoms with E-state index in [0.29, 0.717) is 6.54 Å². The van der Waals surface area contributed by atoms with Gasteiger partial charge in [0.15, 0.2) is 5.96 Å². The molecule has 1 heterocycles. The smallest absolute Gasteiger partial charge is 0.191 e. The van der Waals surface area contributed by atoms with Gasteiger partial charge in [-0.25, -0.2) is 9.37 Å². The molecule has 0 unspecified atom stereocenters. The molecule has 0 saturated heterocycles. The van der Waals surface area contributed by atoms with Gasteiger partial charge in [0.2, 0.25) is 0 Å². The molecule has 0 bridgehead atoms. The fraction of sp³-hybridized carbons (Fsp3) is 0.364. The minimum absolute atomic E-state index is 0. The number of nitrogens with one attached hydrogen (secondary N) is 2. The van der Waals surface area contributed by atoms with Crippen LogP contribution in [0.1, 0.15) is 24.2 Å². The van der Waals surface area contributed by atoms with E-state index in [1.165, 1.54) is 0 Å². The maximum Gasteiger partial charge on any atom is 0.191 e. The first-order valence-electron chi connectivity index (χ1n) is 9.74. The van der Waals surface area contributed by atoms with Gasteiger partial charge in [0, 0.05) is 32.1 Å². The number of aryl methyl sites for hydroxylation is 1. The maximum atomic E-state index is 14.2. The number of guanidine groups is 1. The van der Waals surface area contributed by atoms with Crippen LogP contribution in [0.25, 0.3) is 11.0 Å². The lowest BCUT2D eigenvalue weighted by Gasteiger charge is -2.19. The molecular formula is C22H27FIN5. The summed E-state index contributed by atoms with van der Waals surface area (Å²) in [6.07, 6.45) is 2.00. The topological polar surface area (TPSA) is 54.2 Å². The molecule has 1 aromatic heterocycles. The van der Waals surface area contributed by atoms with Crippen molar-refractivity contribution in [3.05, 3.63) is 65.7 Å². The van der Waals surface area contributed by atoms with Crippen LogP contribution >= 0.6 is 24.0 Å². The molecule has 5 nitrogen and oxygen atoms in total. The molecule has 0 amide bonds. The zero-order chi connectivity index (χ0) is 19.6. The Kier molecular flexibility index (Phi) is 6.77. The van der Waals surface area contributed by atoms with Crippen LogP contribution in [-0.4, -0.2) is 35.6 Å². The van der Waals surface area contributed by atoms with E-state index in [1.54, 1.807) is 19.2 Å². The first-order valence-corrected chi connectivity index (χ1v) is 9.74. The zero-order valence-corrected chi connectivity index (χ0v) is 19.1. The molecule has 7 heteroatoms. The molecule has 1 aliphatic rings. The quantitative estimate of drug-likeness (QED) is 0.302. The Morgan fingerprint density at radius 1 is 1.14 bits per heavy atom. The van der Waals surface area contributed by atoms with E-state index in [9.17, 15) is 4.39 Å². The molecule has 29 heavy (non-hydrogen) atoms. The molecule has 0 aliphatic heterocycles. The summed E-state index contributed by atoms with van der Waals surface area (Å²) in [5.74, 6) is 1.62. The number of halogens is 2. The summed E-state index contributed by atoms with van der Waals surface area (Å²) in [6, 6.07) is 15.2. The van der Waals surface area contributed by atoms with Crippen LogP contribution in [0.15, 0.2) is 53.5 Å². The van der Waals surface area contributed by atoms with E-state index >= 15 is 0 Å². The highest BCUT2D eigenvalue weighted by atomic mass is 127. The van der Waals surface area contributed by atoms with Crippen LogP contribution in [0, 0.1) is 12.7 Å². The minimum Gasteiger partial charge on any atom is -0.356 e. The SMILES string of the molecule is CN=C(NCCn1c(C)nc2ccccc21)NCC1(c2ccccc2F)CC1.I. The van der Waals surface area contributed by atoms with Gasteiger partial charge in [0.05, 0.1) is 11.0 Å². The van der Waals surface area contributed by atoms with Crippen LogP contribution in [0.2, 0.25) is 0 Å². The highest BCUT2D eigenvalue weighted by Gasteiger charge is 2.45. The highest BCUT2D eigenvalue weighted by molar-refractivity contribution is 14.0. The number of hydrogen-bond acceptors (Lipinski definition) is 2. The maximum absolute atomic E-state index is 14.2. The van der Waals surface area contributed by atoms with Crippen LogP contribution in [-0.2, 0) is 12.0 Å². The third-order valence-corrected chi connectivity index (χ3v) is 5.59. The van der Waals surface area contributed by atoms with Gasteiger partial charge in [0.25, 0.3) is 0 Å². The van der Waals surface area contributed by atoms with E-state index in [4.69, 9.17) is 0 Å². The molecular weight excluding hydrogens is 480 g/mol. The van der Waals surface area contributed by atoms with Crippen molar-refractivity contribution in [1.82, 2.24) is 20.2 Å². The summed E-state index contributed by atoms with van der Waals surface area (Å²) < 4.78 is 16.4. The summed E-state index contributed by atoms with van der Waals surface area (Å²) in [5, 5.41) is 6.74. The fourth-order valence-corrected chi connectivity index (χ4v) is 3.82. The second-order valence-corrected chi connectivity index (χ2v) is 7.41. The standard InChI is InChI=1S/C22H26FN5.HI/c1-16-27-19-9-5-6-10-20(19)28(16)14-13-25-21(24-2)26-15-22(11-12-22)17-7-3-4-8-18(17)23;/h3-10H,11-15H2,1-2H3,(H2,24,25,26);1H. The van der Waals surface area contributed by atoms with Gasteiger partial charge >= 0.3 is 0 Å². The lowest BCUT2D eigenvalue weighted by atomic mass is 9.95. The van der Waals surface area contributed by atoms with Crippen LogP contribution in [0.5, 0.6) is 0 Å². The van der Waals surface area contributed by atoms with Gasteiger partial charge in [-0.1, -0.05) is 30.3 Å². The van der Waals surface area contributed by atoms with E-state index in [0.717, 1.165) is 54.3 Å². The Labute approximate surface area is 187 Å². The third kappa shape index (κ3) is 4.55. The molecule has 1 aliphatic carbocycles. The van der Waals surface area contributed by atoms with Crippen molar-refractivity contribution in [2.24, 2.45) is 4.99 Å². The summed E-state index contributed by atoms with van der Waals surface area (Å²) in [5.41, 5.74) is 2.85. The summed E-state index contributed by atoms with van der Waals surface area (Å²) in [6.45, 7) is 4.23. The van der Waals surface area contributed by atoms with E-state index < -0.39 is 0 Å². The first kappa shape index (κ1) is 21.5. The molecule has 154 valence electrons. The van der Waals surface area contributed by atoms with Gasteiger partial charge in [-0.05, 0) is 43.5 Å². The lowest BCUT2D eigenvalue weighted by molar-refractivity contribution is 0.558. The Bertz CT molecular complexity index is 1010. The Morgan fingerprint density at radius 3 is 2.59 bits per heavy atom. The lowest BCUT2D eigenvalue weighted by Crippen LogP contribution is -2.42. The molecule has 0 spiro atoms. The number of benzene rings is 2. The van der Waals surface area contributed by atoms with Crippen molar-refractivity contribution in [2.45, 2.75) is 31.7 Å². The number of aromatic nitrogens is 2. The first-order chi connectivity index (χ1) is 13.6. The molecule has 0 radical (unpaired) electrons. The van der Waals surface area contributed by atoms with Crippen LogP contribution in [0.4, 0.5) is 4.39 Å². The van der Waals surface area contributed by atoms with E-state index in [2.05, 4.69) is 31.2 Å². The van der Waals surface area contributed by atoms with Crippen molar-refractivity contribution in [3.8, 4) is 0 Å². The van der Waals surface area contributed by atoms with Crippen LogP contribution < -0.4 is 10.6 Å². The molecule has 2 aromatic carbocycles. The average molecular weight is 507 g/mol. The third-order valence-electron chi connectivity index (χ3n) is 5.59. The van der Waals surface area contributed by atoms with Crippen molar-refractivity contribution in [2.75, 3.05) is 20.1 Å². The Balaban J connectivity index is 0.00000240. The summed E-state index contributed by atoms with van der Waals surface area (Å²) in [7, 11) is 1.76. The second-order valence-electron chi connectivity index (χ2n) is 7.41. The largest absolute Gasteiger partial charge is 0.356 e. The van der Waals surface area contributed by atoms with Crippen LogP contribution in [0.3, 0.4) is 0 Å². The van der Waals surface area contributed by atoms with Crippen molar-refractivity contribution < 1.29 is 4.39 Å². The van der Waals surface area contributed by atoms with Crippen molar-refractivity contribution >= 4 is 41.0 Å². The van der Waals surface area contributed by atoms with Gasteiger partial charge < -0.3 is 15.2 Å². The highest BCUT2D eigenvalue weighted by Crippen LogP contribution is 2.48. The van der Waals surface area contributed by atoms with E-state index in [1.807, 2.05) is 37.3 Å². The number of hydrogen-bond donors (Lipinski definition) is 2. The van der Waals surface area contributed by atoms with Gasteiger partial charge in [-0.15, -0.1) is 24.0 Å². The number of aliphatic imine (C=N–C) groups is 1. The molecule has 1 saturated carbocycles. The second kappa shape index (κ2) is 9.11. The van der Waals surface area contributed by atoms with Crippen molar-refractivity contribution in [1.29, 1.82) is 0 Å². The van der Waals surface area contributed by atoms with Gasteiger partial charge in [-0.3, -0.25) is 4.99 Å². The number of fused-ring (bicyclic) bond motifs is 1. The molecule has 1 fully saturated rings. The van der Waals surface area contributed by atoms with Gasteiger partial charge in [0.1, 0.15) is 11.6 Å². The minimum atomic E-state index is -0.118. The fourth-order valence-electron chi connectivity index (χ4n) is 3.82. The summed E-state index contributed by atoms with van der Waals surface area (Å²) in [4.78, 5) is 8.92. The average Bonchev–Trinajstić information content (AvgIpc) is 3.42.